The van der Waals surface area contributed by atoms with E-state index in [-0.39, 0.29) is 0 Å². The average Bonchev–Trinajstić information content (AvgIpc) is 3.27. The number of rotatable bonds is 18. The van der Waals surface area contributed by atoms with Gasteiger partial charge in [0.2, 0.25) is 0 Å². The molecule has 312 valence electrons. The van der Waals surface area contributed by atoms with E-state index < -0.39 is 23.0 Å². The van der Waals surface area contributed by atoms with Gasteiger partial charge in [-0.3, -0.25) is 0 Å². The molecule has 0 saturated heterocycles. The number of halogens is 6. The fraction of sp³-hybridized carbons (Fsp3) is 0.143. The minimum Gasteiger partial charge on any atom is -0.413 e. The molecule has 0 bridgehead atoms. The molecule has 0 N–H and O–H groups in total. The molecule has 0 spiro atoms. The monoisotopic (exact) mass is 1240 g/mol. The van der Waals surface area contributed by atoms with Crippen LogP contribution in [0.5, 0.6) is 34.5 Å². The first-order valence-electron chi connectivity index (χ1n) is 18.2. The molecule has 1 heterocycles. The number of hydrogen-bond donors (Lipinski definition) is 0. The number of benzene rings is 6. The van der Waals surface area contributed by atoms with Crippen molar-refractivity contribution in [2.24, 2.45) is 13.5 Å². The van der Waals surface area contributed by atoms with E-state index >= 15 is 0 Å². The van der Waals surface area contributed by atoms with Gasteiger partial charge < -0.3 is 27.1 Å². The van der Waals surface area contributed by atoms with E-state index in [2.05, 4.69) is 95.6 Å². The number of nitrogens with zero attached hydrogens (tertiary/aromatic N) is 3. The molecule has 1 aliphatic heterocycles. The molecule has 0 unspecified atom stereocenters. The van der Waals surface area contributed by atoms with Gasteiger partial charge >= 0.3 is 23.0 Å². The first-order valence-corrected chi connectivity index (χ1v) is 29.5. The summed E-state index contributed by atoms with van der Waals surface area (Å²) in [5.41, 5.74) is 6.30. The van der Waals surface area contributed by atoms with Crippen LogP contribution >= 0.6 is 119 Å². The van der Waals surface area contributed by atoms with E-state index in [1.54, 1.807) is 0 Å². The first-order chi connectivity index (χ1) is 29.2. The van der Waals surface area contributed by atoms with Crippen molar-refractivity contribution < 1.29 is 27.1 Å². The summed E-state index contributed by atoms with van der Waals surface area (Å²) in [5, 5.41) is 3.96. The predicted molar refractivity (Wildman–Crippen MR) is 266 cm³/mol. The zero-order valence-electron chi connectivity index (χ0n) is 31.5. The van der Waals surface area contributed by atoms with Crippen molar-refractivity contribution in [3.05, 3.63) is 179 Å². The van der Waals surface area contributed by atoms with Gasteiger partial charge in [0, 0.05) is 32.0 Å². The summed E-state index contributed by atoms with van der Waals surface area (Å²) in [5.74, 6) is 2.68. The summed E-state index contributed by atoms with van der Waals surface area (Å²) in [6.45, 7) is 0. The molecule has 0 fully saturated rings. The van der Waals surface area contributed by atoms with E-state index in [0.29, 0.717) is 66.5 Å². The van der Waals surface area contributed by atoms with Crippen molar-refractivity contribution in [2.45, 2.75) is 32.0 Å². The topological polar surface area (TPSA) is 92.5 Å². The SMILES string of the molecule is BrCc1ccc(OP2(Oc3ccc(CBr)cc3)=NP(Oc3ccc(CBr)cc3)(Oc3ccc(CBr)cc3)=NP(Oc3ccc(CBr)cc3)(Oc3ccc(CBr)cc3)=N2)cc1. The van der Waals surface area contributed by atoms with Crippen LogP contribution in [0.1, 0.15) is 33.4 Å². The minimum absolute atomic E-state index is 0.447. The zero-order valence-corrected chi connectivity index (χ0v) is 43.7. The molecule has 7 rings (SSSR count). The normalized spacial score (nSPS) is 14.7. The second-order valence-electron chi connectivity index (χ2n) is 13.0. The Morgan fingerprint density at radius 1 is 0.250 bits per heavy atom. The molecule has 6 aromatic rings. The Kier molecular flexibility index (Phi) is 16.3. The molecular formula is C42H36Br6N3O6P3. The third-order valence-corrected chi connectivity index (χ3v) is 20.5. The maximum Gasteiger partial charge on any atom is 0.460 e. The molecule has 0 aromatic heterocycles. The second kappa shape index (κ2) is 21.4. The summed E-state index contributed by atoms with van der Waals surface area (Å²) in [7, 11) is -12.1. The Morgan fingerprint density at radius 2 is 0.383 bits per heavy atom. The fourth-order valence-corrected chi connectivity index (χ4v) is 16.7. The summed E-state index contributed by atoms with van der Waals surface area (Å²) in [6.07, 6.45) is 0. The molecule has 18 heteroatoms. The molecule has 0 saturated carbocycles. The van der Waals surface area contributed by atoms with Crippen molar-refractivity contribution in [2.75, 3.05) is 0 Å². The van der Waals surface area contributed by atoms with Gasteiger partial charge in [0.25, 0.3) is 0 Å². The van der Waals surface area contributed by atoms with Gasteiger partial charge in [0.1, 0.15) is 34.5 Å². The van der Waals surface area contributed by atoms with Crippen LogP contribution in [-0.4, -0.2) is 0 Å². The zero-order chi connectivity index (χ0) is 42.0. The number of alkyl halides is 6. The quantitative estimate of drug-likeness (QED) is 0.0629. The molecule has 60 heavy (non-hydrogen) atoms. The molecule has 6 aromatic carbocycles. The van der Waals surface area contributed by atoms with Crippen molar-refractivity contribution in [1.82, 2.24) is 0 Å². The van der Waals surface area contributed by atoms with E-state index in [0.717, 1.165) is 33.4 Å². The van der Waals surface area contributed by atoms with Gasteiger partial charge in [-0.15, -0.1) is 0 Å². The highest BCUT2D eigenvalue weighted by Crippen LogP contribution is 2.78. The highest BCUT2D eigenvalue weighted by Gasteiger charge is 2.49. The predicted octanol–water partition coefficient (Wildman–Crippen LogP) is 17.7. The summed E-state index contributed by atoms with van der Waals surface area (Å²) in [6, 6.07) is 45.7. The first kappa shape index (κ1) is 45.7. The molecular weight excluding hydrogens is 1210 g/mol. The van der Waals surface area contributed by atoms with Gasteiger partial charge in [-0.05, 0) is 106 Å². The third-order valence-electron chi connectivity index (χ3n) is 8.49. The van der Waals surface area contributed by atoms with Crippen LogP contribution in [0.3, 0.4) is 0 Å². The van der Waals surface area contributed by atoms with Crippen molar-refractivity contribution in [3.8, 4) is 34.5 Å². The molecule has 0 radical (unpaired) electrons. The average molecular weight is 1250 g/mol. The van der Waals surface area contributed by atoms with Gasteiger partial charge in [-0.1, -0.05) is 182 Å². The lowest BCUT2D eigenvalue weighted by molar-refractivity contribution is 0.443. The van der Waals surface area contributed by atoms with Crippen LogP contribution < -0.4 is 27.1 Å². The maximum atomic E-state index is 6.99. The lowest BCUT2D eigenvalue weighted by Crippen LogP contribution is -2.11. The van der Waals surface area contributed by atoms with Crippen LogP contribution in [0.4, 0.5) is 0 Å². The molecule has 0 aliphatic carbocycles. The largest absolute Gasteiger partial charge is 0.460 e. The van der Waals surface area contributed by atoms with Gasteiger partial charge in [-0.25, -0.2) is 0 Å². The summed E-state index contributed by atoms with van der Waals surface area (Å²) < 4.78 is 58.0. The highest BCUT2D eigenvalue weighted by atomic mass is 79.9. The second-order valence-corrected chi connectivity index (χ2v) is 22.5. The maximum absolute atomic E-state index is 6.99. The van der Waals surface area contributed by atoms with Crippen LogP contribution in [0.25, 0.3) is 0 Å². The van der Waals surface area contributed by atoms with Crippen molar-refractivity contribution in [3.63, 3.8) is 0 Å². The Labute approximate surface area is 400 Å². The van der Waals surface area contributed by atoms with Crippen molar-refractivity contribution >= 4 is 119 Å². The van der Waals surface area contributed by atoms with E-state index in [1.807, 2.05) is 146 Å². The van der Waals surface area contributed by atoms with Gasteiger partial charge in [-0.2, -0.15) is 0 Å². The fourth-order valence-electron chi connectivity index (χ4n) is 5.42. The Balaban J connectivity index is 1.55. The minimum atomic E-state index is -4.03. The smallest absolute Gasteiger partial charge is 0.413 e. The van der Waals surface area contributed by atoms with Gasteiger partial charge in [0.15, 0.2) is 0 Å². The Hall–Kier alpha value is -2.31. The van der Waals surface area contributed by atoms with Crippen LogP contribution in [-0.2, 0) is 32.0 Å². The lowest BCUT2D eigenvalue weighted by atomic mass is 10.2. The Bertz CT molecular complexity index is 2070. The lowest BCUT2D eigenvalue weighted by Gasteiger charge is -2.33. The summed E-state index contributed by atoms with van der Waals surface area (Å²) >= 11 is 21.4. The van der Waals surface area contributed by atoms with Crippen LogP contribution in [0, 0.1) is 0 Å². The molecule has 0 atom stereocenters. The summed E-state index contributed by atoms with van der Waals surface area (Å²) in [4.78, 5) is 0. The van der Waals surface area contributed by atoms with Crippen LogP contribution in [0.15, 0.2) is 159 Å². The van der Waals surface area contributed by atoms with E-state index in [1.165, 1.54) is 0 Å². The Morgan fingerprint density at radius 3 is 0.500 bits per heavy atom. The third kappa shape index (κ3) is 12.0. The molecule has 1 aliphatic rings. The van der Waals surface area contributed by atoms with Crippen LogP contribution in [0.2, 0.25) is 0 Å². The standard InChI is InChI=1S/C42H36Br6N3O6P3/c43-25-31-1-13-37(14-2-31)52-58(53-38-15-3-32(26-44)4-16-38)49-59(54-39-17-5-33(27-45)6-18-39,55-40-19-7-34(28-46)8-20-40)51-60(50-58,56-41-21-9-35(29-47)10-22-41)57-42-23-11-36(30-48)12-24-42/h1-24H,25-30H2. The highest BCUT2D eigenvalue weighted by molar-refractivity contribution is 9.09. The van der Waals surface area contributed by atoms with E-state index in [4.69, 9.17) is 40.7 Å². The molecule has 0 amide bonds. The number of hydrogen-bond acceptors (Lipinski definition) is 9. The molecule has 9 nitrogen and oxygen atoms in total. The van der Waals surface area contributed by atoms with Gasteiger partial charge in [0.05, 0.1) is 0 Å². The van der Waals surface area contributed by atoms with E-state index in [9.17, 15) is 0 Å². The van der Waals surface area contributed by atoms with Crippen molar-refractivity contribution in [1.29, 1.82) is 0 Å².